The molecule has 0 amide bonds. The van der Waals surface area contributed by atoms with Crippen LogP contribution in [0.4, 0.5) is 0 Å². The lowest BCUT2D eigenvalue weighted by atomic mass is 10.3. The predicted molar refractivity (Wildman–Crippen MR) is 61.3 cm³/mol. The van der Waals surface area contributed by atoms with Crippen LogP contribution in [0.5, 0.6) is 0 Å². The third-order valence-electron chi connectivity index (χ3n) is 1.85. The Hall–Kier alpha value is -0.850. The number of hydrogen-bond donors (Lipinski definition) is 1. The minimum atomic E-state index is 0.653. The first-order valence-corrected chi connectivity index (χ1v) is 5.75. The van der Waals surface area contributed by atoms with Gasteiger partial charge in [0.05, 0.1) is 18.6 Å². The molecule has 2 nitrogen and oxygen atoms in total. The van der Waals surface area contributed by atoms with Gasteiger partial charge in [-0.1, -0.05) is 5.92 Å². The zero-order valence-electron chi connectivity index (χ0n) is 8.38. The van der Waals surface area contributed by atoms with Crippen molar-refractivity contribution in [2.75, 3.05) is 18.8 Å². The molecule has 1 aromatic heterocycles. The highest BCUT2D eigenvalue weighted by Crippen LogP contribution is 2.16. The van der Waals surface area contributed by atoms with Crippen LogP contribution in [-0.2, 0) is 5.75 Å². The Labute approximate surface area is 89.5 Å². The first-order valence-electron chi connectivity index (χ1n) is 4.59. The SMILES string of the molecule is C#CCNCCSCc1occc1C. The van der Waals surface area contributed by atoms with Crippen molar-refractivity contribution in [2.45, 2.75) is 12.7 Å². The average Bonchev–Trinajstić information content (AvgIpc) is 2.58. The second-order valence-electron chi connectivity index (χ2n) is 2.96. The van der Waals surface area contributed by atoms with E-state index in [1.54, 1.807) is 6.26 Å². The molecule has 1 heterocycles. The van der Waals surface area contributed by atoms with Gasteiger partial charge >= 0.3 is 0 Å². The minimum absolute atomic E-state index is 0.653. The largest absolute Gasteiger partial charge is 0.468 e. The van der Waals surface area contributed by atoms with Gasteiger partial charge in [-0.25, -0.2) is 0 Å². The number of rotatable bonds is 6. The van der Waals surface area contributed by atoms with E-state index < -0.39 is 0 Å². The van der Waals surface area contributed by atoms with Gasteiger partial charge in [-0.3, -0.25) is 0 Å². The van der Waals surface area contributed by atoms with E-state index in [9.17, 15) is 0 Å². The van der Waals surface area contributed by atoms with E-state index in [4.69, 9.17) is 10.8 Å². The summed E-state index contributed by atoms with van der Waals surface area (Å²) < 4.78 is 5.32. The summed E-state index contributed by atoms with van der Waals surface area (Å²) in [5.41, 5.74) is 1.23. The lowest BCUT2D eigenvalue weighted by Gasteiger charge is -2.00. The van der Waals surface area contributed by atoms with Crippen molar-refractivity contribution in [1.82, 2.24) is 5.32 Å². The fourth-order valence-corrected chi connectivity index (χ4v) is 1.94. The normalized spacial score (nSPS) is 10.0. The molecule has 0 aromatic carbocycles. The third-order valence-corrected chi connectivity index (χ3v) is 2.81. The van der Waals surface area contributed by atoms with Crippen molar-refractivity contribution in [3.63, 3.8) is 0 Å². The van der Waals surface area contributed by atoms with Gasteiger partial charge in [0.1, 0.15) is 5.76 Å². The molecule has 14 heavy (non-hydrogen) atoms. The fraction of sp³-hybridized carbons (Fsp3) is 0.455. The second-order valence-corrected chi connectivity index (χ2v) is 4.07. The molecular weight excluding hydrogens is 194 g/mol. The number of hydrogen-bond acceptors (Lipinski definition) is 3. The van der Waals surface area contributed by atoms with Crippen LogP contribution in [0.2, 0.25) is 0 Å². The summed E-state index contributed by atoms with van der Waals surface area (Å²) in [6, 6.07) is 1.99. The van der Waals surface area contributed by atoms with Gasteiger partial charge in [0.25, 0.3) is 0 Å². The van der Waals surface area contributed by atoms with E-state index >= 15 is 0 Å². The molecule has 76 valence electrons. The number of nitrogens with one attached hydrogen (secondary N) is 1. The van der Waals surface area contributed by atoms with Gasteiger partial charge in [-0.15, -0.1) is 6.42 Å². The van der Waals surface area contributed by atoms with Crippen molar-refractivity contribution in [2.24, 2.45) is 0 Å². The Balaban J connectivity index is 2.05. The van der Waals surface area contributed by atoms with Crippen LogP contribution >= 0.6 is 11.8 Å². The van der Waals surface area contributed by atoms with E-state index in [1.807, 2.05) is 17.8 Å². The topological polar surface area (TPSA) is 25.2 Å². The lowest BCUT2D eigenvalue weighted by molar-refractivity contribution is 0.528. The van der Waals surface area contributed by atoms with Crippen LogP contribution in [0.25, 0.3) is 0 Å². The van der Waals surface area contributed by atoms with Crippen LogP contribution in [0.3, 0.4) is 0 Å². The Morgan fingerprint density at radius 3 is 3.14 bits per heavy atom. The predicted octanol–water partition coefficient (Wildman–Crippen LogP) is 2.04. The molecule has 0 saturated heterocycles. The van der Waals surface area contributed by atoms with Crippen molar-refractivity contribution < 1.29 is 4.42 Å². The molecule has 0 radical (unpaired) electrons. The highest BCUT2D eigenvalue weighted by Gasteiger charge is 2.00. The minimum Gasteiger partial charge on any atom is -0.468 e. The molecule has 0 spiro atoms. The van der Waals surface area contributed by atoms with Crippen molar-refractivity contribution in [3.05, 3.63) is 23.7 Å². The third kappa shape index (κ3) is 3.91. The summed E-state index contributed by atoms with van der Waals surface area (Å²) in [5.74, 6) is 5.62. The number of terminal acetylenes is 1. The number of thioether (sulfide) groups is 1. The quantitative estimate of drug-likeness (QED) is 0.573. The van der Waals surface area contributed by atoms with Gasteiger partial charge < -0.3 is 9.73 Å². The molecule has 0 aliphatic heterocycles. The van der Waals surface area contributed by atoms with E-state index in [0.29, 0.717) is 6.54 Å². The summed E-state index contributed by atoms with van der Waals surface area (Å²) in [6.45, 7) is 3.67. The zero-order valence-corrected chi connectivity index (χ0v) is 9.19. The fourth-order valence-electron chi connectivity index (χ4n) is 1.02. The molecule has 0 aliphatic carbocycles. The van der Waals surface area contributed by atoms with Gasteiger partial charge in [0.15, 0.2) is 0 Å². The lowest BCUT2D eigenvalue weighted by Crippen LogP contribution is -2.16. The Bertz CT molecular complexity index is 300. The molecular formula is C11H15NOS. The molecule has 0 unspecified atom stereocenters. The Morgan fingerprint density at radius 1 is 1.64 bits per heavy atom. The van der Waals surface area contributed by atoms with Gasteiger partial charge in [0, 0.05) is 12.3 Å². The highest BCUT2D eigenvalue weighted by molar-refractivity contribution is 7.98. The standard InChI is InChI=1S/C11H15NOS/c1-3-5-12-6-8-14-9-11-10(2)4-7-13-11/h1,4,7,12H,5-6,8-9H2,2H3. The highest BCUT2D eigenvalue weighted by atomic mass is 32.2. The molecule has 0 bridgehead atoms. The Morgan fingerprint density at radius 2 is 2.50 bits per heavy atom. The van der Waals surface area contributed by atoms with Crippen molar-refractivity contribution >= 4 is 11.8 Å². The van der Waals surface area contributed by atoms with Crippen molar-refractivity contribution in [1.29, 1.82) is 0 Å². The zero-order chi connectivity index (χ0) is 10.2. The summed E-state index contributed by atoms with van der Waals surface area (Å²) >= 11 is 1.85. The molecule has 1 aromatic rings. The molecule has 0 atom stereocenters. The summed E-state index contributed by atoms with van der Waals surface area (Å²) in [6.07, 6.45) is 6.84. The van der Waals surface area contributed by atoms with Crippen molar-refractivity contribution in [3.8, 4) is 12.3 Å². The van der Waals surface area contributed by atoms with Gasteiger partial charge in [0.2, 0.25) is 0 Å². The first kappa shape index (κ1) is 11.2. The van der Waals surface area contributed by atoms with E-state index in [0.717, 1.165) is 23.8 Å². The summed E-state index contributed by atoms with van der Waals surface area (Å²) in [5, 5.41) is 3.14. The number of furan rings is 1. The van der Waals surface area contributed by atoms with E-state index in [2.05, 4.69) is 18.2 Å². The first-order chi connectivity index (χ1) is 6.84. The van der Waals surface area contributed by atoms with E-state index in [-0.39, 0.29) is 0 Å². The smallest absolute Gasteiger partial charge is 0.116 e. The monoisotopic (exact) mass is 209 g/mol. The maximum atomic E-state index is 5.32. The van der Waals surface area contributed by atoms with Crippen LogP contribution in [0.15, 0.2) is 16.7 Å². The van der Waals surface area contributed by atoms with Crippen LogP contribution < -0.4 is 5.32 Å². The van der Waals surface area contributed by atoms with Crippen LogP contribution in [0.1, 0.15) is 11.3 Å². The molecule has 0 fully saturated rings. The molecule has 3 heteroatoms. The average molecular weight is 209 g/mol. The maximum Gasteiger partial charge on any atom is 0.116 e. The van der Waals surface area contributed by atoms with Crippen LogP contribution in [-0.4, -0.2) is 18.8 Å². The number of aryl methyl sites for hydroxylation is 1. The molecule has 1 N–H and O–H groups in total. The van der Waals surface area contributed by atoms with E-state index in [1.165, 1.54) is 5.56 Å². The van der Waals surface area contributed by atoms with Crippen LogP contribution in [0, 0.1) is 19.3 Å². The molecule has 1 rings (SSSR count). The summed E-state index contributed by atoms with van der Waals surface area (Å²) in [4.78, 5) is 0. The Kier molecular flexibility index (Phi) is 5.28. The maximum absolute atomic E-state index is 5.32. The van der Waals surface area contributed by atoms with Gasteiger partial charge in [-0.05, 0) is 18.6 Å². The summed E-state index contributed by atoms with van der Waals surface area (Å²) in [7, 11) is 0. The molecule has 0 aliphatic rings. The van der Waals surface area contributed by atoms with Gasteiger partial charge in [-0.2, -0.15) is 11.8 Å². The second kappa shape index (κ2) is 6.58. The molecule has 0 saturated carbocycles.